The highest BCUT2D eigenvalue weighted by atomic mass is 16.5. The Morgan fingerprint density at radius 2 is 0.868 bits per heavy atom. The van der Waals surface area contributed by atoms with E-state index < -0.39 is 156 Å². The molecule has 4 rings (SSSR count). The van der Waals surface area contributed by atoms with E-state index in [4.69, 9.17) is 37.1 Å². The molecule has 29 heteroatoms. The van der Waals surface area contributed by atoms with Crippen LogP contribution >= 0.6 is 0 Å². The quantitative estimate of drug-likeness (QED) is 0.0347. The second kappa shape index (κ2) is 50.6. The molecule has 0 aromatic carbocycles. The van der Waals surface area contributed by atoms with Gasteiger partial charge in [0, 0.05) is 52.4 Å². The van der Waals surface area contributed by atoms with E-state index in [1.54, 1.807) is 53.6 Å². The van der Waals surface area contributed by atoms with Crippen molar-refractivity contribution >= 4 is 65.0 Å². The highest BCUT2D eigenvalue weighted by Gasteiger charge is 2.42. The number of unbranched alkanes of at least 4 members (excludes halogenated alkanes) is 7. The molecule has 16 N–H and O–H groups in total. The lowest BCUT2D eigenvalue weighted by Crippen LogP contribution is -2.62. The summed E-state index contributed by atoms with van der Waals surface area (Å²) in [5.41, 5.74) is 24.4. The average Bonchev–Trinajstić information content (AvgIpc) is 1.04. The minimum absolute atomic E-state index is 0.00741. The molecule has 0 radical (unpaired) electrons. The Morgan fingerprint density at radius 1 is 0.462 bits per heavy atom. The molecule has 0 unspecified atom stereocenters. The van der Waals surface area contributed by atoms with Gasteiger partial charge >= 0.3 is 0 Å². The number of hydrogen-bond acceptors (Lipinski definition) is 18. The molecule has 2 saturated heterocycles. The van der Waals surface area contributed by atoms with Crippen molar-refractivity contribution in [1.82, 2.24) is 57.2 Å². The predicted octanol–water partition coefficient (Wildman–Crippen LogP) is 3.72. The molecule has 0 aromatic rings. The van der Waals surface area contributed by atoms with Gasteiger partial charge in [0.15, 0.2) is 0 Å². The molecule has 0 spiro atoms. The van der Waals surface area contributed by atoms with Crippen LogP contribution in [0.1, 0.15) is 248 Å². The third-order valence-corrected chi connectivity index (χ3v) is 21.8. The van der Waals surface area contributed by atoms with Crippen molar-refractivity contribution in [1.29, 1.82) is 0 Å². The number of rotatable bonds is 31. The Morgan fingerprint density at radius 3 is 1.29 bits per heavy atom. The Bertz CT molecular complexity index is 2680. The summed E-state index contributed by atoms with van der Waals surface area (Å²) in [6, 6.07) is -11.2. The zero-order chi connectivity index (χ0) is 78.3. The molecule has 4 aliphatic rings. The van der Waals surface area contributed by atoms with Gasteiger partial charge in [-0.1, -0.05) is 144 Å². The van der Waals surface area contributed by atoms with Crippen LogP contribution in [0.4, 0.5) is 0 Å². The smallest absolute Gasteiger partial charge is 0.245 e. The predicted molar refractivity (Wildman–Crippen MR) is 408 cm³/mol. The molecule has 0 aromatic heterocycles. The van der Waals surface area contributed by atoms with Crippen molar-refractivity contribution in [2.75, 3.05) is 73.2 Å². The normalized spacial score (nSPS) is 28.6. The van der Waals surface area contributed by atoms with E-state index in [0.29, 0.717) is 70.8 Å². The molecule has 29 nitrogen and oxygen atoms in total. The zero-order valence-electron chi connectivity index (χ0n) is 66.3. The van der Waals surface area contributed by atoms with Gasteiger partial charge in [-0.3, -0.25) is 52.7 Å². The Hall–Kier alpha value is -6.11. The molecule has 608 valence electrons. The van der Waals surface area contributed by atoms with E-state index in [1.807, 2.05) is 6.92 Å². The van der Waals surface area contributed by atoms with Gasteiger partial charge in [0.1, 0.15) is 48.3 Å². The SMILES string of the molecule is CCCCCC[C@H]1OC[C@@H](C)NC(=O)[C@H](CO[C@@H](C)CCN)NC(=O)[C@H](CN)NC(=O)[C@H](C2CCCCCC2)NC(=O)[C@H](CCCCN(CCCN)C(=O)C[C@@H]2NC(=O)[C@H](CN)NC(=O)[C@H](C3CCCCCC3)NC(=O)[C@H](CCC)N(C)C(=O)[C@H](C)[C@@H](CCCCCC)OC[C@@H](C)NC2=O)N(C)C(=O)[C@@H]1C. The summed E-state index contributed by atoms with van der Waals surface area (Å²) in [6.07, 6.45) is 17.7. The number of hydrogen-bond donors (Lipinski definition) is 12. The molecule has 15 atom stereocenters. The van der Waals surface area contributed by atoms with Crippen LogP contribution in [0.3, 0.4) is 0 Å². The number of nitrogens with two attached hydrogens (primary N) is 4. The van der Waals surface area contributed by atoms with Crippen molar-refractivity contribution < 1.29 is 67.0 Å². The highest BCUT2D eigenvalue weighted by Crippen LogP contribution is 2.30. The van der Waals surface area contributed by atoms with Gasteiger partial charge in [0.25, 0.3) is 0 Å². The Labute approximate surface area is 633 Å². The summed E-state index contributed by atoms with van der Waals surface area (Å²) in [7, 11) is 3.16. The lowest BCUT2D eigenvalue weighted by molar-refractivity contribution is -0.147. The van der Waals surface area contributed by atoms with Crippen LogP contribution in [0.15, 0.2) is 0 Å². The zero-order valence-corrected chi connectivity index (χ0v) is 66.3. The molecule has 2 saturated carbocycles. The number of nitrogens with zero attached hydrogens (tertiary/aromatic N) is 3. The molecule has 2 aliphatic carbocycles. The molecule has 2 aliphatic heterocycles. The molecule has 4 fully saturated rings. The maximum Gasteiger partial charge on any atom is 0.245 e. The van der Waals surface area contributed by atoms with Crippen LogP contribution in [0.2, 0.25) is 0 Å². The topological polar surface area (TPSA) is 425 Å². The monoisotopic (exact) mass is 1500 g/mol. The summed E-state index contributed by atoms with van der Waals surface area (Å²) >= 11 is 0. The third kappa shape index (κ3) is 31.1. The van der Waals surface area contributed by atoms with Crippen LogP contribution in [-0.4, -0.2) is 232 Å². The first-order valence-corrected chi connectivity index (χ1v) is 40.7. The van der Waals surface area contributed by atoms with E-state index in [-0.39, 0.29) is 89.1 Å². The number of amides is 11. The first-order chi connectivity index (χ1) is 50.8. The van der Waals surface area contributed by atoms with Crippen molar-refractivity contribution in [2.24, 2.45) is 46.6 Å². The van der Waals surface area contributed by atoms with Gasteiger partial charge in [0.05, 0.1) is 56.4 Å². The Kier molecular flexibility index (Phi) is 44.0. The fraction of sp³-hybridized carbons (Fsp3) is 0.857. The van der Waals surface area contributed by atoms with E-state index in [0.717, 1.165) is 103 Å². The number of nitrogens with one attached hydrogen (secondary N) is 8. The number of carbonyl (C=O) groups is 11. The van der Waals surface area contributed by atoms with Crippen molar-refractivity contribution in [3.8, 4) is 0 Å². The molecule has 106 heavy (non-hydrogen) atoms. The van der Waals surface area contributed by atoms with Gasteiger partial charge in [-0.25, -0.2) is 0 Å². The molecule has 0 bridgehead atoms. The van der Waals surface area contributed by atoms with Crippen LogP contribution in [-0.2, 0) is 67.0 Å². The molecule has 11 amide bonds. The van der Waals surface area contributed by atoms with Gasteiger partial charge in [-0.05, 0) is 123 Å². The summed E-state index contributed by atoms with van der Waals surface area (Å²) < 4.78 is 19.1. The first kappa shape index (κ1) is 92.3. The van der Waals surface area contributed by atoms with Crippen LogP contribution < -0.4 is 65.5 Å². The highest BCUT2D eigenvalue weighted by molar-refractivity contribution is 5.98. The van der Waals surface area contributed by atoms with E-state index in [1.165, 1.54) is 9.80 Å². The van der Waals surface area contributed by atoms with Crippen molar-refractivity contribution in [3.63, 3.8) is 0 Å². The van der Waals surface area contributed by atoms with Crippen LogP contribution in [0, 0.1) is 23.7 Å². The second-order valence-corrected chi connectivity index (χ2v) is 30.7. The lowest BCUT2D eigenvalue weighted by atomic mass is 9.90. The summed E-state index contributed by atoms with van der Waals surface area (Å²) in [4.78, 5) is 167. The van der Waals surface area contributed by atoms with E-state index in [9.17, 15) is 38.4 Å². The van der Waals surface area contributed by atoms with E-state index >= 15 is 14.4 Å². The molecule has 2 heterocycles. The largest absolute Gasteiger partial charge is 0.376 e. The fourth-order valence-electron chi connectivity index (χ4n) is 15.0. The first-order valence-electron chi connectivity index (χ1n) is 40.7. The minimum Gasteiger partial charge on any atom is -0.376 e. The molecular weight excluding hydrogens is 1360 g/mol. The van der Waals surface area contributed by atoms with Gasteiger partial charge in [0.2, 0.25) is 65.0 Å². The van der Waals surface area contributed by atoms with Crippen molar-refractivity contribution in [3.05, 3.63) is 0 Å². The van der Waals surface area contributed by atoms with Crippen LogP contribution in [0.5, 0.6) is 0 Å². The summed E-state index contributed by atoms with van der Waals surface area (Å²) in [6.45, 7) is 14.7. The Balaban J connectivity index is 1.75. The fourth-order valence-corrected chi connectivity index (χ4v) is 15.0. The molecular formula is C77H141N15O14. The van der Waals surface area contributed by atoms with E-state index in [2.05, 4.69) is 56.4 Å². The average molecular weight is 1500 g/mol. The second-order valence-electron chi connectivity index (χ2n) is 30.7. The van der Waals surface area contributed by atoms with Gasteiger partial charge in [-0.2, -0.15) is 0 Å². The number of ether oxygens (including phenoxy) is 3. The maximum absolute atomic E-state index is 15.4. The standard InChI is InChI=1S/C77H141N15O14/c1-11-14-16-26-37-63-53(7)76(102)90(9)61(31-13-3)72(98)88-66(55-32-22-18-19-23-33-55)74(100)85-58(45-80)69(95)84-57(68(94)82-50(4)47-105-63)44-65(93)92(43-30-40-78)42-29-28-36-62-73(99)89-67(56-34-24-20-21-25-35-56)75(101)86-59(46-81)70(96)87-60(49-104-52(6)39-41-79)71(97)83-51(5)48-106-64(38-27-17-15-12-2)54(8)77(103)91(62)10/h50-64,66-67H,11-49,78-81H2,1-10H3,(H,82,94)(H,83,97)(H,84,95)(H,85,100)(H,86,101)(H,87,96)(H,88,98)(H,89,99)/t50-,51-,52+,53-,54-,57+,58+,59+,60+,61+,62+,63-,64-,66+,67+/m1/s1. The third-order valence-electron chi connectivity index (χ3n) is 21.8. The van der Waals surface area contributed by atoms with Gasteiger partial charge < -0.3 is 94.4 Å². The maximum atomic E-state index is 15.4. The summed E-state index contributed by atoms with van der Waals surface area (Å²) in [5, 5.41) is 23.1. The minimum atomic E-state index is -1.52. The van der Waals surface area contributed by atoms with Crippen molar-refractivity contribution in [2.45, 2.75) is 327 Å². The number of carbonyl (C=O) groups excluding carboxylic acids is 11. The van der Waals surface area contributed by atoms with Crippen LogP contribution in [0.25, 0.3) is 0 Å². The van der Waals surface area contributed by atoms with Gasteiger partial charge in [-0.15, -0.1) is 0 Å². The summed E-state index contributed by atoms with van der Waals surface area (Å²) in [5.74, 6) is -8.70. The lowest BCUT2D eigenvalue weighted by Gasteiger charge is -2.35. The number of likely N-dealkylation sites (N-methyl/N-ethyl adjacent to an activating group) is 2.